The van der Waals surface area contributed by atoms with Crippen molar-refractivity contribution in [1.82, 2.24) is 10.7 Å². The highest BCUT2D eigenvalue weighted by Crippen LogP contribution is 2.29. The van der Waals surface area contributed by atoms with Crippen LogP contribution in [0.2, 0.25) is 5.02 Å². The number of hydrogen-bond donors (Lipinski definition) is 2. The normalized spacial score (nSPS) is 10.8. The number of rotatable bonds is 5. The third-order valence-electron chi connectivity index (χ3n) is 2.33. The maximum atomic E-state index is 5.85. The lowest BCUT2D eigenvalue weighted by atomic mass is 10.4. The van der Waals surface area contributed by atoms with Gasteiger partial charge in [0.1, 0.15) is 5.76 Å². The van der Waals surface area contributed by atoms with Crippen molar-refractivity contribution in [2.75, 3.05) is 6.54 Å². The lowest BCUT2D eigenvalue weighted by Crippen LogP contribution is -2.31. The second kappa shape index (κ2) is 8.07. The molecule has 2 N–H and O–H groups in total. The van der Waals surface area contributed by atoms with E-state index in [0.29, 0.717) is 15.9 Å². The number of nitrogens with zero attached hydrogens (tertiary/aromatic N) is 1. The third kappa shape index (κ3) is 5.41. The van der Waals surface area contributed by atoms with Gasteiger partial charge in [-0.1, -0.05) is 23.4 Å². The van der Waals surface area contributed by atoms with Crippen LogP contribution in [0.5, 0.6) is 0 Å². The molecule has 2 aromatic rings. The van der Waals surface area contributed by atoms with Crippen molar-refractivity contribution in [3.05, 3.63) is 47.2 Å². The van der Waals surface area contributed by atoms with Crippen LogP contribution in [0.15, 0.2) is 55.9 Å². The Balaban J connectivity index is 1.90. The van der Waals surface area contributed by atoms with E-state index < -0.39 is 0 Å². The van der Waals surface area contributed by atoms with Crippen molar-refractivity contribution in [2.24, 2.45) is 5.10 Å². The highest BCUT2D eigenvalue weighted by molar-refractivity contribution is 7.99. The van der Waals surface area contributed by atoms with E-state index in [4.69, 9.17) is 28.2 Å². The topological polar surface area (TPSA) is 49.6 Å². The zero-order valence-corrected chi connectivity index (χ0v) is 13.7. The predicted molar refractivity (Wildman–Crippen MR) is 91.3 cm³/mol. The Kier molecular flexibility index (Phi) is 6.10. The molecule has 21 heavy (non-hydrogen) atoms. The SMILES string of the molecule is CCNC(=S)N/N=C/c1ccc(Sc2ccc(Cl)cc2)o1. The van der Waals surface area contributed by atoms with Crippen LogP contribution in [0.4, 0.5) is 0 Å². The summed E-state index contributed by atoms with van der Waals surface area (Å²) in [5, 5.41) is 8.91. The smallest absolute Gasteiger partial charge is 0.186 e. The molecule has 2 rings (SSSR count). The Morgan fingerprint density at radius 3 is 2.81 bits per heavy atom. The van der Waals surface area contributed by atoms with E-state index in [1.165, 1.54) is 11.8 Å². The van der Waals surface area contributed by atoms with Crippen LogP contribution < -0.4 is 10.7 Å². The lowest BCUT2D eigenvalue weighted by molar-refractivity contribution is 0.469. The Bertz CT molecular complexity index is 625. The number of hydrogen-bond acceptors (Lipinski definition) is 4. The summed E-state index contributed by atoms with van der Waals surface area (Å²) in [6.07, 6.45) is 1.58. The van der Waals surface area contributed by atoms with Crippen LogP contribution in [-0.4, -0.2) is 17.9 Å². The minimum absolute atomic E-state index is 0.482. The summed E-state index contributed by atoms with van der Waals surface area (Å²) < 4.78 is 5.64. The number of hydrazone groups is 1. The van der Waals surface area contributed by atoms with Gasteiger partial charge in [-0.2, -0.15) is 5.10 Å². The van der Waals surface area contributed by atoms with Gasteiger partial charge >= 0.3 is 0 Å². The van der Waals surface area contributed by atoms with Crippen molar-refractivity contribution in [2.45, 2.75) is 16.9 Å². The molecule has 0 aliphatic heterocycles. The fraction of sp³-hybridized carbons (Fsp3) is 0.143. The zero-order valence-electron chi connectivity index (χ0n) is 11.3. The molecule has 0 radical (unpaired) electrons. The molecule has 0 spiro atoms. The molecule has 0 atom stereocenters. The standard InChI is InChI=1S/C14H14ClN3OS2/c1-2-16-14(20)18-17-9-11-5-8-13(19-11)21-12-6-3-10(15)4-7-12/h3-9H,2H2,1H3,(H2,16,18,20)/b17-9+. The summed E-state index contributed by atoms with van der Waals surface area (Å²) >= 11 is 12.4. The maximum Gasteiger partial charge on any atom is 0.186 e. The Hall–Kier alpha value is -1.50. The molecule has 4 nitrogen and oxygen atoms in total. The van der Waals surface area contributed by atoms with Gasteiger partial charge in [-0.25, -0.2) is 0 Å². The summed E-state index contributed by atoms with van der Waals surface area (Å²) in [7, 11) is 0. The highest BCUT2D eigenvalue weighted by atomic mass is 35.5. The minimum atomic E-state index is 0.482. The molecule has 7 heteroatoms. The fourth-order valence-corrected chi connectivity index (χ4v) is 2.53. The van der Waals surface area contributed by atoms with Crippen LogP contribution in [0.1, 0.15) is 12.7 Å². The van der Waals surface area contributed by atoms with Crippen molar-refractivity contribution < 1.29 is 4.42 Å². The third-order valence-corrected chi connectivity index (χ3v) is 3.75. The van der Waals surface area contributed by atoms with Crippen molar-refractivity contribution in [3.63, 3.8) is 0 Å². The number of furan rings is 1. The minimum Gasteiger partial charge on any atom is -0.448 e. The van der Waals surface area contributed by atoms with Crippen LogP contribution in [0, 0.1) is 0 Å². The lowest BCUT2D eigenvalue weighted by Gasteiger charge is -2.01. The first-order valence-corrected chi connectivity index (χ1v) is 7.88. The molecule has 0 saturated heterocycles. The van der Waals surface area contributed by atoms with Gasteiger partial charge in [0, 0.05) is 16.5 Å². The second-order valence-corrected chi connectivity index (χ2v) is 5.86. The van der Waals surface area contributed by atoms with Crippen molar-refractivity contribution >= 4 is 46.9 Å². The molecule has 0 amide bonds. The molecule has 110 valence electrons. The first kappa shape index (κ1) is 15.9. The molecule has 0 fully saturated rings. The average molecular weight is 340 g/mol. The fourth-order valence-electron chi connectivity index (χ4n) is 1.43. The van der Waals surface area contributed by atoms with Gasteiger partial charge in [0.05, 0.1) is 6.21 Å². The predicted octanol–water partition coefficient (Wildman–Crippen LogP) is 3.90. The molecule has 1 heterocycles. The van der Waals surface area contributed by atoms with Gasteiger partial charge in [0.2, 0.25) is 0 Å². The van der Waals surface area contributed by atoms with Crippen molar-refractivity contribution in [3.8, 4) is 0 Å². The number of halogens is 1. The Labute approximate surface area is 137 Å². The van der Waals surface area contributed by atoms with E-state index in [9.17, 15) is 0 Å². The van der Waals surface area contributed by atoms with Gasteiger partial charge in [0.25, 0.3) is 0 Å². The summed E-state index contributed by atoms with van der Waals surface area (Å²) in [5.41, 5.74) is 2.71. The van der Waals surface area contributed by atoms with E-state index in [0.717, 1.165) is 16.5 Å². The molecule has 0 saturated carbocycles. The maximum absolute atomic E-state index is 5.85. The highest BCUT2D eigenvalue weighted by Gasteiger charge is 2.03. The molecular formula is C14H14ClN3OS2. The number of benzene rings is 1. The van der Waals surface area contributed by atoms with Crippen LogP contribution in [0.25, 0.3) is 0 Å². The van der Waals surface area contributed by atoms with E-state index in [-0.39, 0.29) is 0 Å². The number of nitrogens with one attached hydrogen (secondary N) is 2. The molecular weight excluding hydrogens is 326 g/mol. The van der Waals surface area contributed by atoms with Gasteiger partial charge in [-0.3, -0.25) is 5.43 Å². The molecule has 0 aliphatic rings. The molecule has 0 aliphatic carbocycles. The van der Waals surface area contributed by atoms with E-state index in [1.807, 2.05) is 43.3 Å². The Morgan fingerprint density at radius 2 is 2.10 bits per heavy atom. The Morgan fingerprint density at radius 1 is 1.33 bits per heavy atom. The zero-order chi connectivity index (χ0) is 15.1. The second-order valence-electron chi connectivity index (χ2n) is 3.94. The van der Waals surface area contributed by atoms with Crippen LogP contribution in [-0.2, 0) is 0 Å². The van der Waals surface area contributed by atoms with Gasteiger partial charge in [0.15, 0.2) is 10.2 Å². The molecule has 1 aromatic heterocycles. The molecule has 0 unspecified atom stereocenters. The number of thiocarbonyl (C=S) groups is 1. The van der Waals surface area contributed by atoms with Crippen molar-refractivity contribution in [1.29, 1.82) is 0 Å². The first-order valence-electron chi connectivity index (χ1n) is 6.27. The molecule has 1 aromatic carbocycles. The van der Waals surface area contributed by atoms with E-state index in [2.05, 4.69) is 15.8 Å². The summed E-state index contributed by atoms with van der Waals surface area (Å²) in [6, 6.07) is 11.3. The van der Waals surface area contributed by atoms with Gasteiger partial charge < -0.3 is 9.73 Å². The molecule has 0 bridgehead atoms. The quantitative estimate of drug-likeness (QED) is 0.491. The monoisotopic (exact) mass is 339 g/mol. The van der Waals surface area contributed by atoms with Gasteiger partial charge in [-0.15, -0.1) is 0 Å². The average Bonchev–Trinajstić information content (AvgIpc) is 2.89. The summed E-state index contributed by atoms with van der Waals surface area (Å²) in [5.74, 6) is 0.651. The van der Waals surface area contributed by atoms with Gasteiger partial charge in [-0.05, 0) is 55.5 Å². The largest absolute Gasteiger partial charge is 0.448 e. The van der Waals surface area contributed by atoms with Crippen LogP contribution in [0.3, 0.4) is 0 Å². The summed E-state index contributed by atoms with van der Waals surface area (Å²) in [4.78, 5) is 1.06. The summed E-state index contributed by atoms with van der Waals surface area (Å²) in [6.45, 7) is 2.72. The van der Waals surface area contributed by atoms with Crippen LogP contribution >= 0.6 is 35.6 Å². The first-order chi connectivity index (χ1) is 10.2. The van der Waals surface area contributed by atoms with E-state index >= 15 is 0 Å². The van der Waals surface area contributed by atoms with E-state index in [1.54, 1.807) is 6.21 Å².